The standard InChI is InChI=1S/C24H25NO2/c1-16(2)24(3,15-17-9-11-19(12-10-17)23(26)27)22-20-8-6-5-7-18(20)13-14-21(22)25-4/h5-14,25H,1,15H2,2-4H3,(H,26,27). The molecule has 0 aliphatic rings. The molecule has 3 aromatic rings. The summed E-state index contributed by atoms with van der Waals surface area (Å²) in [5.41, 5.74) is 4.46. The van der Waals surface area contributed by atoms with E-state index in [-0.39, 0.29) is 5.41 Å². The van der Waals surface area contributed by atoms with Crippen LogP contribution in [0.4, 0.5) is 5.69 Å². The number of hydrogen-bond donors (Lipinski definition) is 2. The molecule has 0 saturated carbocycles. The second-order valence-electron chi connectivity index (χ2n) is 7.25. The highest BCUT2D eigenvalue weighted by Crippen LogP contribution is 2.42. The number of carboxylic acids is 1. The van der Waals surface area contributed by atoms with Crippen molar-refractivity contribution >= 4 is 22.4 Å². The van der Waals surface area contributed by atoms with Crippen LogP contribution in [0.25, 0.3) is 10.8 Å². The second kappa shape index (κ2) is 7.28. The van der Waals surface area contributed by atoms with E-state index in [9.17, 15) is 4.79 Å². The van der Waals surface area contributed by atoms with Gasteiger partial charge in [0.05, 0.1) is 5.56 Å². The van der Waals surface area contributed by atoms with E-state index >= 15 is 0 Å². The summed E-state index contributed by atoms with van der Waals surface area (Å²) in [5.74, 6) is -0.907. The molecule has 0 aromatic heterocycles. The first-order valence-corrected chi connectivity index (χ1v) is 9.05. The Hall–Kier alpha value is -3.07. The highest BCUT2D eigenvalue weighted by Gasteiger charge is 2.32. The smallest absolute Gasteiger partial charge is 0.335 e. The SMILES string of the molecule is C=C(C)C(C)(Cc1ccc(C(=O)O)cc1)c1c(NC)ccc2ccccc12. The van der Waals surface area contributed by atoms with Gasteiger partial charge in [0.15, 0.2) is 0 Å². The fourth-order valence-electron chi connectivity index (χ4n) is 3.70. The van der Waals surface area contributed by atoms with Crippen molar-refractivity contribution in [2.45, 2.75) is 25.7 Å². The summed E-state index contributed by atoms with van der Waals surface area (Å²) < 4.78 is 0. The van der Waals surface area contributed by atoms with Gasteiger partial charge in [-0.05, 0) is 53.4 Å². The van der Waals surface area contributed by atoms with Gasteiger partial charge in [0.1, 0.15) is 0 Å². The molecule has 3 aromatic carbocycles. The van der Waals surface area contributed by atoms with Gasteiger partial charge in [-0.3, -0.25) is 0 Å². The van der Waals surface area contributed by atoms with Crippen LogP contribution >= 0.6 is 0 Å². The fraction of sp³-hybridized carbons (Fsp3) is 0.208. The molecule has 3 heteroatoms. The molecule has 0 saturated heterocycles. The van der Waals surface area contributed by atoms with E-state index in [1.807, 2.05) is 25.2 Å². The number of benzene rings is 3. The minimum Gasteiger partial charge on any atom is -0.478 e. The molecule has 138 valence electrons. The van der Waals surface area contributed by atoms with E-state index in [4.69, 9.17) is 5.11 Å². The van der Waals surface area contributed by atoms with Crippen LogP contribution in [0.5, 0.6) is 0 Å². The minimum atomic E-state index is -0.907. The van der Waals surface area contributed by atoms with Gasteiger partial charge >= 0.3 is 5.97 Å². The van der Waals surface area contributed by atoms with E-state index in [1.54, 1.807) is 12.1 Å². The molecule has 1 unspecified atom stereocenters. The van der Waals surface area contributed by atoms with Crippen LogP contribution in [0.15, 0.2) is 72.8 Å². The predicted molar refractivity (Wildman–Crippen MR) is 113 cm³/mol. The summed E-state index contributed by atoms with van der Waals surface area (Å²) in [4.78, 5) is 11.1. The molecule has 0 radical (unpaired) electrons. The maximum Gasteiger partial charge on any atom is 0.335 e. The van der Waals surface area contributed by atoms with Crippen LogP contribution in [0.2, 0.25) is 0 Å². The molecular formula is C24H25NO2. The monoisotopic (exact) mass is 359 g/mol. The normalized spacial score (nSPS) is 13.1. The summed E-state index contributed by atoms with van der Waals surface area (Å²) >= 11 is 0. The summed E-state index contributed by atoms with van der Waals surface area (Å²) in [6, 6.07) is 19.8. The van der Waals surface area contributed by atoms with Crippen molar-refractivity contribution in [3.63, 3.8) is 0 Å². The lowest BCUT2D eigenvalue weighted by Crippen LogP contribution is -2.28. The Morgan fingerprint density at radius 2 is 1.74 bits per heavy atom. The van der Waals surface area contributed by atoms with Gasteiger partial charge in [-0.15, -0.1) is 0 Å². The number of carbonyl (C=O) groups is 1. The molecular weight excluding hydrogens is 334 g/mol. The molecule has 0 aliphatic heterocycles. The lowest BCUT2D eigenvalue weighted by Gasteiger charge is -2.34. The number of hydrogen-bond acceptors (Lipinski definition) is 2. The first-order valence-electron chi connectivity index (χ1n) is 9.05. The molecule has 0 spiro atoms. The van der Waals surface area contributed by atoms with Crippen molar-refractivity contribution in [1.82, 2.24) is 0 Å². The second-order valence-corrected chi connectivity index (χ2v) is 7.25. The molecule has 0 bridgehead atoms. The van der Waals surface area contributed by atoms with E-state index in [1.165, 1.54) is 16.3 Å². The number of nitrogens with one attached hydrogen (secondary N) is 1. The average Bonchev–Trinajstić information content (AvgIpc) is 2.67. The molecule has 27 heavy (non-hydrogen) atoms. The zero-order valence-electron chi connectivity index (χ0n) is 16.0. The summed E-state index contributed by atoms with van der Waals surface area (Å²) in [6.45, 7) is 8.58. The fourth-order valence-corrected chi connectivity index (χ4v) is 3.70. The third-order valence-electron chi connectivity index (χ3n) is 5.45. The van der Waals surface area contributed by atoms with Gasteiger partial charge in [-0.25, -0.2) is 4.79 Å². The van der Waals surface area contributed by atoms with Crippen LogP contribution in [0.1, 0.15) is 35.3 Å². The Labute approximate surface area is 160 Å². The molecule has 0 heterocycles. The van der Waals surface area contributed by atoms with Crippen molar-refractivity contribution in [2.75, 3.05) is 12.4 Å². The first-order chi connectivity index (χ1) is 12.9. The highest BCUT2D eigenvalue weighted by molar-refractivity contribution is 5.92. The topological polar surface area (TPSA) is 49.3 Å². The zero-order chi connectivity index (χ0) is 19.6. The molecule has 3 nitrogen and oxygen atoms in total. The Morgan fingerprint density at radius 3 is 2.33 bits per heavy atom. The molecule has 2 N–H and O–H groups in total. The van der Waals surface area contributed by atoms with Crippen molar-refractivity contribution < 1.29 is 9.90 Å². The Morgan fingerprint density at radius 1 is 1.07 bits per heavy atom. The number of carboxylic acid groups (broad SMARTS) is 1. The van der Waals surface area contributed by atoms with Crippen LogP contribution in [0.3, 0.4) is 0 Å². The van der Waals surface area contributed by atoms with Gasteiger partial charge < -0.3 is 10.4 Å². The van der Waals surface area contributed by atoms with Crippen molar-refractivity contribution in [3.05, 3.63) is 89.5 Å². The Balaban J connectivity index is 2.16. The van der Waals surface area contributed by atoms with Crippen LogP contribution in [-0.4, -0.2) is 18.1 Å². The van der Waals surface area contributed by atoms with Crippen LogP contribution in [-0.2, 0) is 11.8 Å². The molecule has 0 amide bonds. The highest BCUT2D eigenvalue weighted by atomic mass is 16.4. The van der Waals surface area contributed by atoms with E-state index in [0.29, 0.717) is 5.56 Å². The van der Waals surface area contributed by atoms with Gasteiger partial charge in [0.25, 0.3) is 0 Å². The molecule has 0 fully saturated rings. The molecule has 1 atom stereocenters. The third-order valence-corrected chi connectivity index (χ3v) is 5.45. The van der Waals surface area contributed by atoms with Gasteiger partial charge in [-0.1, -0.05) is 61.5 Å². The summed E-state index contributed by atoms with van der Waals surface area (Å²) in [7, 11) is 1.94. The van der Waals surface area contributed by atoms with E-state index in [2.05, 4.69) is 56.1 Å². The van der Waals surface area contributed by atoms with E-state index < -0.39 is 5.97 Å². The maximum atomic E-state index is 11.1. The average molecular weight is 359 g/mol. The first kappa shape index (κ1) is 18.7. The number of anilines is 1. The maximum absolute atomic E-state index is 11.1. The van der Waals surface area contributed by atoms with Crippen LogP contribution in [0, 0.1) is 0 Å². The zero-order valence-corrected chi connectivity index (χ0v) is 16.0. The number of aromatic carboxylic acids is 1. The van der Waals surface area contributed by atoms with Crippen molar-refractivity contribution in [1.29, 1.82) is 0 Å². The Bertz CT molecular complexity index is 1000. The van der Waals surface area contributed by atoms with E-state index in [0.717, 1.165) is 23.2 Å². The largest absolute Gasteiger partial charge is 0.478 e. The lowest BCUT2D eigenvalue weighted by molar-refractivity contribution is 0.0697. The molecule has 0 aliphatic carbocycles. The van der Waals surface area contributed by atoms with Crippen molar-refractivity contribution in [3.8, 4) is 0 Å². The third kappa shape index (κ3) is 3.45. The summed E-state index contributed by atoms with van der Waals surface area (Å²) in [5, 5.41) is 14.9. The Kier molecular flexibility index (Phi) is 5.04. The summed E-state index contributed by atoms with van der Waals surface area (Å²) in [6.07, 6.45) is 0.741. The number of rotatable bonds is 6. The number of fused-ring (bicyclic) bond motifs is 1. The van der Waals surface area contributed by atoms with Crippen LogP contribution < -0.4 is 5.32 Å². The van der Waals surface area contributed by atoms with Gasteiger partial charge in [0, 0.05) is 18.2 Å². The molecule has 3 rings (SSSR count). The number of allylic oxidation sites excluding steroid dienone is 1. The van der Waals surface area contributed by atoms with Gasteiger partial charge in [-0.2, -0.15) is 0 Å². The lowest BCUT2D eigenvalue weighted by atomic mass is 9.70. The predicted octanol–water partition coefficient (Wildman–Crippen LogP) is 5.66. The van der Waals surface area contributed by atoms with Crippen molar-refractivity contribution in [2.24, 2.45) is 0 Å². The minimum absolute atomic E-state index is 0.302. The van der Waals surface area contributed by atoms with Gasteiger partial charge in [0.2, 0.25) is 0 Å². The quantitative estimate of drug-likeness (QED) is 0.559.